The fraction of sp³-hybridized carbons (Fsp3) is 0.667. The third-order valence-corrected chi connectivity index (χ3v) is 1.90. The summed E-state index contributed by atoms with van der Waals surface area (Å²) in [5.74, 6) is -0.166. The molecule has 68 valence electrons. The second-order valence-corrected chi connectivity index (χ2v) is 3.86. The molecule has 12 heavy (non-hydrogen) atoms. The van der Waals surface area contributed by atoms with Crippen molar-refractivity contribution in [3.63, 3.8) is 0 Å². The number of tetrazole rings is 1. The second kappa shape index (κ2) is 3.03. The van der Waals surface area contributed by atoms with Crippen LogP contribution in [-0.4, -0.2) is 34.4 Å². The lowest BCUT2D eigenvalue weighted by molar-refractivity contribution is 0.578. The SMILES string of the molecule is Nc1nnnn1CCS(N)(=O)=O. The van der Waals surface area contributed by atoms with E-state index >= 15 is 0 Å². The van der Waals surface area contributed by atoms with Crippen LogP contribution in [-0.2, 0) is 16.6 Å². The van der Waals surface area contributed by atoms with Crippen molar-refractivity contribution in [1.29, 1.82) is 0 Å². The fourth-order valence-corrected chi connectivity index (χ4v) is 1.01. The summed E-state index contributed by atoms with van der Waals surface area (Å²) in [6, 6.07) is 0. The lowest BCUT2D eigenvalue weighted by Gasteiger charge is -1.98. The Morgan fingerprint density at radius 3 is 2.58 bits per heavy atom. The minimum Gasteiger partial charge on any atom is -0.367 e. The van der Waals surface area contributed by atoms with E-state index in [2.05, 4.69) is 15.5 Å². The molecule has 0 saturated heterocycles. The van der Waals surface area contributed by atoms with Gasteiger partial charge in [-0.15, -0.1) is 0 Å². The number of anilines is 1. The second-order valence-electron chi connectivity index (χ2n) is 2.13. The van der Waals surface area contributed by atoms with Crippen LogP contribution in [0.1, 0.15) is 0 Å². The van der Waals surface area contributed by atoms with E-state index in [0.29, 0.717) is 0 Å². The largest absolute Gasteiger partial charge is 0.367 e. The third kappa shape index (κ3) is 2.43. The van der Waals surface area contributed by atoms with Crippen molar-refractivity contribution >= 4 is 16.0 Å². The zero-order valence-corrected chi connectivity index (χ0v) is 6.90. The molecule has 0 aromatic carbocycles. The van der Waals surface area contributed by atoms with Crippen molar-refractivity contribution in [3.05, 3.63) is 0 Å². The lowest BCUT2D eigenvalue weighted by atomic mass is 10.7. The zero-order valence-electron chi connectivity index (χ0n) is 6.08. The number of aromatic nitrogens is 4. The molecule has 0 aliphatic carbocycles. The molecule has 0 aliphatic heterocycles. The summed E-state index contributed by atoms with van der Waals surface area (Å²) in [6.45, 7) is 0.0671. The predicted molar refractivity (Wildman–Crippen MR) is 40.2 cm³/mol. The molecule has 1 heterocycles. The Labute approximate surface area is 68.6 Å². The van der Waals surface area contributed by atoms with E-state index in [1.807, 2.05) is 0 Å². The number of hydrogen-bond donors (Lipinski definition) is 2. The number of aryl methyl sites for hydroxylation is 1. The molecule has 0 spiro atoms. The average Bonchev–Trinajstić information content (AvgIpc) is 2.29. The van der Waals surface area contributed by atoms with Crippen LogP contribution in [0.4, 0.5) is 5.95 Å². The fourth-order valence-electron chi connectivity index (χ4n) is 0.585. The van der Waals surface area contributed by atoms with E-state index in [9.17, 15) is 8.42 Å². The van der Waals surface area contributed by atoms with Crippen LogP contribution in [0, 0.1) is 0 Å². The molecule has 0 radical (unpaired) electrons. The quantitative estimate of drug-likeness (QED) is 0.546. The predicted octanol–water partition coefficient (Wildman–Crippen LogP) is -2.46. The van der Waals surface area contributed by atoms with Crippen LogP contribution in [0.2, 0.25) is 0 Å². The Bertz CT molecular complexity index is 355. The van der Waals surface area contributed by atoms with Gasteiger partial charge in [-0.1, -0.05) is 5.10 Å². The highest BCUT2D eigenvalue weighted by Gasteiger charge is 2.06. The van der Waals surface area contributed by atoms with Crippen LogP contribution in [0.25, 0.3) is 0 Å². The highest BCUT2D eigenvalue weighted by Crippen LogP contribution is 1.92. The standard InChI is InChI=1S/C3H8N6O2S/c4-3-6-7-8-9(3)1-2-12(5,10)11/h1-2H2,(H2,4,6,8)(H2,5,10,11). The van der Waals surface area contributed by atoms with Crippen molar-refractivity contribution in [2.75, 3.05) is 11.5 Å². The normalized spacial score (nSPS) is 11.8. The van der Waals surface area contributed by atoms with E-state index in [4.69, 9.17) is 10.9 Å². The molecule has 1 rings (SSSR count). The Hall–Kier alpha value is -1.22. The smallest absolute Gasteiger partial charge is 0.240 e. The molecule has 8 nitrogen and oxygen atoms in total. The summed E-state index contributed by atoms with van der Waals surface area (Å²) in [6.07, 6.45) is 0. The molecule has 0 aliphatic rings. The summed E-state index contributed by atoms with van der Waals surface area (Å²) in [7, 11) is -3.49. The van der Waals surface area contributed by atoms with Gasteiger partial charge in [-0.3, -0.25) is 0 Å². The summed E-state index contributed by atoms with van der Waals surface area (Å²) in [5.41, 5.74) is 5.26. The van der Waals surface area contributed by atoms with E-state index in [-0.39, 0.29) is 18.2 Å². The van der Waals surface area contributed by atoms with Crippen LogP contribution in [0.5, 0.6) is 0 Å². The van der Waals surface area contributed by atoms with Gasteiger partial charge in [-0.25, -0.2) is 18.2 Å². The summed E-state index contributed by atoms with van der Waals surface area (Å²) in [5, 5.41) is 14.8. The minimum atomic E-state index is -3.49. The lowest BCUT2D eigenvalue weighted by Crippen LogP contribution is -2.21. The van der Waals surface area contributed by atoms with Crippen molar-refractivity contribution in [2.24, 2.45) is 5.14 Å². The van der Waals surface area contributed by atoms with Crippen LogP contribution < -0.4 is 10.9 Å². The van der Waals surface area contributed by atoms with Gasteiger partial charge in [0.15, 0.2) is 0 Å². The van der Waals surface area contributed by atoms with Gasteiger partial charge < -0.3 is 5.73 Å². The van der Waals surface area contributed by atoms with Crippen molar-refractivity contribution in [2.45, 2.75) is 6.54 Å². The molecule has 9 heteroatoms. The number of nitrogens with zero attached hydrogens (tertiary/aromatic N) is 4. The molecule has 1 aromatic heterocycles. The summed E-state index contributed by atoms with van der Waals surface area (Å²) >= 11 is 0. The van der Waals surface area contributed by atoms with Gasteiger partial charge >= 0.3 is 0 Å². The number of hydrogen-bond acceptors (Lipinski definition) is 6. The number of rotatable bonds is 3. The monoisotopic (exact) mass is 192 g/mol. The van der Waals surface area contributed by atoms with Crippen molar-refractivity contribution in [3.8, 4) is 0 Å². The molecular formula is C3H8N6O2S. The minimum absolute atomic E-state index is 0.0671. The molecular weight excluding hydrogens is 184 g/mol. The highest BCUT2D eigenvalue weighted by atomic mass is 32.2. The molecule has 0 fully saturated rings. The Morgan fingerprint density at radius 2 is 2.17 bits per heavy atom. The first-order chi connectivity index (χ1) is 5.49. The number of nitrogen functional groups attached to an aromatic ring is 1. The van der Waals surface area contributed by atoms with Gasteiger partial charge in [0.05, 0.1) is 12.3 Å². The molecule has 4 N–H and O–H groups in total. The highest BCUT2D eigenvalue weighted by molar-refractivity contribution is 7.89. The van der Waals surface area contributed by atoms with Crippen molar-refractivity contribution in [1.82, 2.24) is 20.2 Å². The number of primary sulfonamides is 1. The van der Waals surface area contributed by atoms with Gasteiger partial charge in [0.1, 0.15) is 0 Å². The first kappa shape index (κ1) is 8.87. The molecule has 0 bridgehead atoms. The Kier molecular flexibility index (Phi) is 2.24. The molecule has 0 atom stereocenters. The maximum absolute atomic E-state index is 10.5. The van der Waals surface area contributed by atoms with E-state index < -0.39 is 10.0 Å². The van der Waals surface area contributed by atoms with E-state index in [1.165, 1.54) is 0 Å². The molecule has 0 saturated carbocycles. The summed E-state index contributed by atoms with van der Waals surface area (Å²) < 4.78 is 22.1. The average molecular weight is 192 g/mol. The maximum Gasteiger partial charge on any atom is 0.240 e. The third-order valence-electron chi connectivity index (χ3n) is 1.15. The van der Waals surface area contributed by atoms with Gasteiger partial charge in [-0.2, -0.15) is 0 Å². The van der Waals surface area contributed by atoms with Crippen LogP contribution in [0.15, 0.2) is 0 Å². The molecule has 1 aromatic rings. The first-order valence-corrected chi connectivity index (χ1v) is 4.73. The zero-order chi connectivity index (χ0) is 9.19. The van der Waals surface area contributed by atoms with Gasteiger partial charge in [0, 0.05) is 0 Å². The summed E-state index contributed by atoms with van der Waals surface area (Å²) in [4.78, 5) is 0. The van der Waals surface area contributed by atoms with Crippen LogP contribution >= 0.6 is 0 Å². The Morgan fingerprint density at radius 1 is 1.50 bits per heavy atom. The van der Waals surface area contributed by atoms with Crippen molar-refractivity contribution < 1.29 is 8.42 Å². The molecule has 0 unspecified atom stereocenters. The van der Waals surface area contributed by atoms with Gasteiger partial charge in [-0.05, 0) is 10.4 Å². The number of sulfonamides is 1. The number of nitrogens with two attached hydrogens (primary N) is 2. The maximum atomic E-state index is 10.5. The first-order valence-electron chi connectivity index (χ1n) is 3.01. The van der Waals surface area contributed by atoms with E-state index in [1.54, 1.807) is 0 Å². The van der Waals surface area contributed by atoms with E-state index in [0.717, 1.165) is 4.68 Å². The Balaban J connectivity index is 2.61. The topological polar surface area (TPSA) is 130 Å². The van der Waals surface area contributed by atoms with Gasteiger partial charge in [0.2, 0.25) is 16.0 Å². The molecule has 0 amide bonds. The van der Waals surface area contributed by atoms with Gasteiger partial charge in [0.25, 0.3) is 0 Å². The van der Waals surface area contributed by atoms with Crippen LogP contribution in [0.3, 0.4) is 0 Å².